The molecule has 0 unspecified atom stereocenters. The summed E-state index contributed by atoms with van der Waals surface area (Å²) >= 11 is 0. The van der Waals surface area contributed by atoms with E-state index in [4.69, 9.17) is 5.84 Å². The molecule has 94 valence electrons. The molecule has 4 N–H and O–H groups in total. The molecule has 1 heterocycles. The van der Waals surface area contributed by atoms with Crippen LogP contribution >= 0.6 is 0 Å². The van der Waals surface area contributed by atoms with Gasteiger partial charge in [-0.05, 0) is 25.5 Å². The molecule has 0 aliphatic rings. The molecule has 0 saturated carbocycles. The molecule has 1 aromatic carbocycles. The van der Waals surface area contributed by atoms with Gasteiger partial charge in [-0.3, -0.25) is 0 Å². The smallest absolute Gasteiger partial charge is 0.161 e. The fourth-order valence-corrected chi connectivity index (χ4v) is 1.91. The molecule has 0 atom stereocenters. The number of hydrazine groups is 1. The number of nitrogens with one attached hydrogen (secondary N) is 1. The van der Waals surface area contributed by atoms with Gasteiger partial charge in [-0.1, -0.05) is 19.1 Å². The maximum absolute atomic E-state index is 9.48. The third kappa shape index (κ3) is 2.26. The van der Waals surface area contributed by atoms with E-state index in [0.29, 0.717) is 11.6 Å². The summed E-state index contributed by atoms with van der Waals surface area (Å²) in [6.45, 7) is 3.95. The molecule has 18 heavy (non-hydrogen) atoms. The van der Waals surface area contributed by atoms with Crippen LogP contribution in [0.3, 0.4) is 0 Å². The molecular formula is C13H16N4O. The van der Waals surface area contributed by atoms with Crippen LogP contribution in [0.4, 0.5) is 5.82 Å². The summed E-state index contributed by atoms with van der Waals surface area (Å²) in [7, 11) is 0. The van der Waals surface area contributed by atoms with Gasteiger partial charge in [-0.25, -0.2) is 15.8 Å². The molecule has 0 radical (unpaired) electrons. The zero-order valence-electron chi connectivity index (χ0n) is 10.4. The van der Waals surface area contributed by atoms with Crippen molar-refractivity contribution in [3.63, 3.8) is 0 Å². The van der Waals surface area contributed by atoms with E-state index in [1.165, 1.54) is 0 Å². The second-order valence-corrected chi connectivity index (χ2v) is 4.01. The van der Waals surface area contributed by atoms with E-state index in [9.17, 15) is 5.11 Å². The number of phenolic OH excluding ortho intramolecular Hbond substituents is 1. The fraction of sp³-hybridized carbons (Fsp3) is 0.231. The van der Waals surface area contributed by atoms with Gasteiger partial charge in [0.25, 0.3) is 0 Å². The molecule has 2 aromatic rings. The SMILES string of the molecule is CCc1c(C)nc(-c2cccc(O)c2)nc1NN. The van der Waals surface area contributed by atoms with E-state index < -0.39 is 0 Å². The molecule has 2 rings (SSSR count). The minimum Gasteiger partial charge on any atom is -0.508 e. The Labute approximate surface area is 106 Å². The Morgan fingerprint density at radius 1 is 1.33 bits per heavy atom. The van der Waals surface area contributed by atoms with Crippen LogP contribution in [-0.4, -0.2) is 15.1 Å². The molecule has 0 amide bonds. The first-order valence-corrected chi connectivity index (χ1v) is 5.79. The van der Waals surface area contributed by atoms with E-state index in [1.54, 1.807) is 18.2 Å². The molecule has 0 saturated heterocycles. The number of aromatic hydroxyl groups is 1. The second kappa shape index (κ2) is 5.01. The number of phenols is 1. The van der Waals surface area contributed by atoms with Crippen LogP contribution in [0, 0.1) is 6.92 Å². The van der Waals surface area contributed by atoms with Crippen molar-refractivity contribution >= 4 is 5.82 Å². The van der Waals surface area contributed by atoms with Gasteiger partial charge in [0.2, 0.25) is 0 Å². The topological polar surface area (TPSA) is 84.1 Å². The van der Waals surface area contributed by atoms with Gasteiger partial charge in [-0.15, -0.1) is 0 Å². The first-order valence-electron chi connectivity index (χ1n) is 5.79. The average molecular weight is 244 g/mol. The standard InChI is InChI=1S/C13H16N4O/c1-3-11-8(2)15-12(16-13(11)17-14)9-5-4-6-10(18)7-9/h4-7,18H,3,14H2,1-2H3,(H,15,16,17). The Kier molecular flexibility index (Phi) is 3.43. The summed E-state index contributed by atoms with van der Waals surface area (Å²) in [5.41, 5.74) is 5.25. The van der Waals surface area contributed by atoms with Crippen LogP contribution < -0.4 is 11.3 Å². The van der Waals surface area contributed by atoms with Crippen LogP contribution in [0.2, 0.25) is 0 Å². The molecule has 5 heteroatoms. The Morgan fingerprint density at radius 2 is 2.11 bits per heavy atom. The summed E-state index contributed by atoms with van der Waals surface area (Å²) in [6, 6.07) is 6.84. The number of aromatic nitrogens is 2. The molecule has 5 nitrogen and oxygen atoms in total. The third-order valence-electron chi connectivity index (χ3n) is 2.81. The largest absolute Gasteiger partial charge is 0.508 e. The van der Waals surface area contributed by atoms with Gasteiger partial charge < -0.3 is 10.5 Å². The summed E-state index contributed by atoms with van der Waals surface area (Å²) in [5.74, 6) is 6.85. The van der Waals surface area contributed by atoms with E-state index in [0.717, 1.165) is 23.2 Å². The van der Waals surface area contributed by atoms with Crippen molar-refractivity contribution < 1.29 is 5.11 Å². The van der Waals surface area contributed by atoms with Gasteiger partial charge in [-0.2, -0.15) is 0 Å². The summed E-state index contributed by atoms with van der Waals surface area (Å²) < 4.78 is 0. The van der Waals surface area contributed by atoms with Crippen LogP contribution in [-0.2, 0) is 6.42 Å². The van der Waals surface area contributed by atoms with Crippen molar-refractivity contribution in [3.8, 4) is 17.1 Å². The Balaban J connectivity index is 2.56. The summed E-state index contributed by atoms with van der Waals surface area (Å²) in [6.07, 6.45) is 0.811. The van der Waals surface area contributed by atoms with Crippen molar-refractivity contribution in [2.75, 3.05) is 5.43 Å². The summed E-state index contributed by atoms with van der Waals surface area (Å²) in [4.78, 5) is 8.82. The number of nitrogens with zero attached hydrogens (tertiary/aromatic N) is 2. The molecule has 0 aliphatic carbocycles. The third-order valence-corrected chi connectivity index (χ3v) is 2.81. The highest BCUT2D eigenvalue weighted by Gasteiger charge is 2.10. The maximum Gasteiger partial charge on any atom is 0.161 e. The maximum atomic E-state index is 9.48. The van der Waals surface area contributed by atoms with Crippen molar-refractivity contribution in [3.05, 3.63) is 35.5 Å². The number of hydrogen-bond acceptors (Lipinski definition) is 5. The quantitative estimate of drug-likeness (QED) is 0.568. The molecule has 1 aromatic heterocycles. The predicted octanol–water partition coefficient (Wildman–Crippen LogP) is 2.01. The zero-order chi connectivity index (χ0) is 13.1. The van der Waals surface area contributed by atoms with Gasteiger partial charge >= 0.3 is 0 Å². The Hall–Kier alpha value is -2.14. The fourth-order valence-electron chi connectivity index (χ4n) is 1.91. The van der Waals surface area contributed by atoms with Gasteiger partial charge in [0, 0.05) is 16.8 Å². The van der Waals surface area contributed by atoms with Crippen molar-refractivity contribution in [1.29, 1.82) is 0 Å². The number of nitrogens with two attached hydrogens (primary N) is 1. The number of rotatable bonds is 3. The minimum atomic E-state index is 0.190. The highest BCUT2D eigenvalue weighted by molar-refractivity contribution is 5.61. The number of benzene rings is 1. The zero-order valence-corrected chi connectivity index (χ0v) is 10.4. The lowest BCUT2D eigenvalue weighted by Crippen LogP contribution is -2.13. The first kappa shape index (κ1) is 12.3. The van der Waals surface area contributed by atoms with Gasteiger partial charge in [0.05, 0.1) is 0 Å². The van der Waals surface area contributed by atoms with E-state index >= 15 is 0 Å². The molecule has 0 spiro atoms. The van der Waals surface area contributed by atoms with Crippen LogP contribution in [0.1, 0.15) is 18.2 Å². The van der Waals surface area contributed by atoms with E-state index in [1.807, 2.05) is 19.9 Å². The lowest BCUT2D eigenvalue weighted by Gasteiger charge is -2.11. The number of hydrogen-bond donors (Lipinski definition) is 3. The van der Waals surface area contributed by atoms with Crippen LogP contribution in [0.15, 0.2) is 24.3 Å². The van der Waals surface area contributed by atoms with Crippen molar-refractivity contribution in [2.45, 2.75) is 20.3 Å². The van der Waals surface area contributed by atoms with E-state index in [-0.39, 0.29) is 5.75 Å². The highest BCUT2D eigenvalue weighted by atomic mass is 16.3. The molecule has 0 fully saturated rings. The lowest BCUT2D eigenvalue weighted by atomic mass is 10.1. The van der Waals surface area contributed by atoms with Crippen LogP contribution in [0.25, 0.3) is 11.4 Å². The van der Waals surface area contributed by atoms with E-state index in [2.05, 4.69) is 15.4 Å². The van der Waals surface area contributed by atoms with Gasteiger partial charge in [0.15, 0.2) is 5.82 Å². The minimum absolute atomic E-state index is 0.190. The monoisotopic (exact) mass is 244 g/mol. The predicted molar refractivity (Wildman–Crippen MR) is 71.1 cm³/mol. The Bertz CT molecular complexity index is 569. The molecule has 0 aliphatic heterocycles. The molecule has 0 bridgehead atoms. The number of nitrogen functional groups attached to an aromatic ring is 1. The summed E-state index contributed by atoms with van der Waals surface area (Å²) in [5, 5.41) is 9.48. The van der Waals surface area contributed by atoms with Crippen molar-refractivity contribution in [1.82, 2.24) is 9.97 Å². The van der Waals surface area contributed by atoms with Gasteiger partial charge in [0.1, 0.15) is 11.6 Å². The van der Waals surface area contributed by atoms with Crippen molar-refractivity contribution in [2.24, 2.45) is 5.84 Å². The highest BCUT2D eigenvalue weighted by Crippen LogP contribution is 2.24. The number of anilines is 1. The normalized spacial score (nSPS) is 10.4. The Morgan fingerprint density at radius 3 is 2.72 bits per heavy atom. The first-order chi connectivity index (χ1) is 8.65. The number of aryl methyl sites for hydroxylation is 1. The lowest BCUT2D eigenvalue weighted by molar-refractivity contribution is 0.475. The second-order valence-electron chi connectivity index (χ2n) is 4.01. The average Bonchev–Trinajstić information content (AvgIpc) is 2.37. The molecular weight excluding hydrogens is 228 g/mol. The van der Waals surface area contributed by atoms with Crippen LogP contribution in [0.5, 0.6) is 5.75 Å².